The van der Waals surface area contributed by atoms with Gasteiger partial charge in [0, 0.05) is 18.0 Å². The topological polar surface area (TPSA) is 73.6 Å². The van der Waals surface area contributed by atoms with Gasteiger partial charge in [0.2, 0.25) is 5.95 Å². The number of hydrogen-bond donors (Lipinski definition) is 2. The fourth-order valence-electron chi connectivity index (χ4n) is 2.42. The number of hydrogen-bond acceptors (Lipinski definition) is 5. The Labute approximate surface area is 129 Å². The van der Waals surface area contributed by atoms with Gasteiger partial charge in [0.05, 0.1) is 16.9 Å². The zero-order valence-electron chi connectivity index (χ0n) is 12.2. The number of aromatic nitrogens is 2. The molecule has 0 radical (unpaired) electrons. The minimum absolute atomic E-state index is 0.522. The third-order valence-electron chi connectivity index (χ3n) is 3.96. The molecule has 0 atom stereocenters. The van der Waals surface area contributed by atoms with Crippen molar-refractivity contribution in [3.8, 4) is 6.07 Å². The van der Waals surface area contributed by atoms with Crippen molar-refractivity contribution >= 4 is 17.5 Å². The zero-order valence-corrected chi connectivity index (χ0v) is 12.2. The van der Waals surface area contributed by atoms with Gasteiger partial charge in [-0.25, -0.2) is 4.98 Å². The number of nitriles is 1. The molecule has 0 aliphatic heterocycles. The Hall–Kier alpha value is -2.61. The van der Waals surface area contributed by atoms with Crippen LogP contribution >= 0.6 is 0 Å². The predicted octanol–water partition coefficient (Wildman–Crippen LogP) is 3.54. The van der Waals surface area contributed by atoms with Gasteiger partial charge in [0.15, 0.2) is 0 Å². The summed E-state index contributed by atoms with van der Waals surface area (Å²) < 4.78 is 0. The molecule has 2 fully saturated rings. The van der Waals surface area contributed by atoms with Crippen LogP contribution in [-0.2, 0) is 0 Å². The van der Waals surface area contributed by atoms with E-state index in [2.05, 4.69) is 26.7 Å². The lowest BCUT2D eigenvalue weighted by atomic mass is 10.2. The van der Waals surface area contributed by atoms with E-state index in [9.17, 15) is 5.26 Å². The SMILES string of the molecule is N#Cc1ccccc1Nc1cc(C2CC2)nc(NC2CC2)n1. The number of anilines is 3. The number of rotatable bonds is 5. The second-order valence-corrected chi connectivity index (χ2v) is 5.98. The van der Waals surface area contributed by atoms with E-state index < -0.39 is 0 Å². The van der Waals surface area contributed by atoms with Gasteiger partial charge in [0.1, 0.15) is 11.9 Å². The van der Waals surface area contributed by atoms with Crippen molar-refractivity contribution in [3.63, 3.8) is 0 Å². The molecule has 2 aliphatic rings. The van der Waals surface area contributed by atoms with E-state index in [1.807, 2.05) is 24.3 Å². The highest BCUT2D eigenvalue weighted by atomic mass is 15.2. The highest BCUT2D eigenvalue weighted by Gasteiger charge is 2.28. The number of benzene rings is 1. The van der Waals surface area contributed by atoms with Crippen LogP contribution in [0.2, 0.25) is 0 Å². The number of nitrogens with one attached hydrogen (secondary N) is 2. The van der Waals surface area contributed by atoms with Gasteiger partial charge in [-0.05, 0) is 37.8 Å². The zero-order chi connectivity index (χ0) is 14.9. The Kier molecular flexibility index (Phi) is 3.15. The highest BCUT2D eigenvalue weighted by molar-refractivity contribution is 5.65. The lowest BCUT2D eigenvalue weighted by Crippen LogP contribution is -2.08. The van der Waals surface area contributed by atoms with Crippen molar-refractivity contribution in [2.24, 2.45) is 0 Å². The molecule has 1 heterocycles. The van der Waals surface area contributed by atoms with Crippen LogP contribution < -0.4 is 10.6 Å². The lowest BCUT2D eigenvalue weighted by Gasteiger charge is -2.11. The molecule has 2 aromatic rings. The van der Waals surface area contributed by atoms with E-state index in [0.29, 0.717) is 23.5 Å². The molecular weight excluding hydrogens is 274 g/mol. The molecule has 5 heteroatoms. The molecule has 1 aromatic heterocycles. The van der Waals surface area contributed by atoms with Crippen LogP contribution in [0.1, 0.15) is 42.9 Å². The van der Waals surface area contributed by atoms with Crippen LogP contribution in [0.3, 0.4) is 0 Å². The van der Waals surface area contributed by atoms with Crippen molar-refractivity contribution in [2.75, 3.05) is 10.6 Å². The molecule has 0 bridgehead atoms. The third kappa shape index (κ3) is 2.86. The summed E-state index contributed by atoms with van der Waals surface area (Å²) in [5, 5.41) is 15.8. The van der Waals surface area contributed by atoms with Crippen molar-refractivity contribution < 1.29 is 0 Å². The van der Waals surface area contributed by atoms with Crippen molar-refractivity contribution in [1.29, 1.82) is 5.26 Å². The van der Waals surface area contributed by atoms with E-state index in [0.717, 1.165) is 17.2 Å². The summed E-state index contributed by atoms with van der Waals surface area (Å²) in [5.41, 5.74) is 2.49. The first-order chi connectivity index (χ1) is 10.8. The van der Waals surface area contributed by atoms with Gasteiger partial charge >= 0.3 is 0 Å². The van der Waals surface area contributed by atoms with Gasteiger partial charge < -0.3 is 10.6 Å². The fourth-order valence-corrected chi connectivity index (χ4v) is 2.42. The Morgan fingerprint density at radius 1 is 1.09 bits per heavy atom. The van der Waals surface area contributed by atoms with E-state index in [1.54, 1.807) is 6.07 Å². The first-order valence-electron chi connectivity index (χ1n) is 7.73. The summed E-state index contributed by atoms with van der Waals surface area (Å²) in [6.45, 7) is 0. The summed E-state index contributed by atoms with van der Waals surface area (Å²) in [6.07, 6.45) is 4.79. The maximum Gasteiger partial charge on any atom is 0.225 e. The molecule has 22 heavy (non-hydrogen) atoms. The average Bonchev–Trinajstić information content (AvgIpc) is 3.41. The smallest absolute Gasteiger partial charge is 0.225 e. The van der Waals surface area contributed by atoms with Crippen LogP contribution in [0.15, 0.2) is 30.3 Å². The summed E-state index contributed by atoms with van der Waals surface area (Å²) >= 11 is 0. The summed E-state index contributed by atoms with van der Waals surface area (Å²) in [4.78, 5) is 9.18. The quantitative estimate of drug-likeness (QED) is 0.881. The minimum Gasteiger partial charge on any atom is -0.351 e. The van der Waals surface area contributed by atoms with Crippen molar-refractivity contribution in [2.45, 2.75) is 37.6 Å². The lowest BCUT2D eigenvalue weighted by molar-refractivity contribution is 0.968. The first-order valence-corrected chi connectivity index (χ1v) is 7.73. The minimum atomic E-state index is 0.522. The Bertz CT molecular complexity index is 741. The summed E-state index contributed by atoms with van der Waals surface area (Å²) in [7, 11) is 0. The molecule has 1 aromatic carbocycles. The first kappa shape index (κ1) is 13.1. The second-order valence-electron chi connectivity index (χ2n) is 5.98. The predicted molar refractivity (Wildman–Crippen MR) is 85.1 cm³/mol. The Morgan fingerprint density at radius 3 is 2.64 bits per heavy atom. The highest BCUT2D eigenvalue weighted by Crippen LogP contribution is 2.40. The second kappa shape index (κ2) is 5.30. The molecular formula is C17H17N5. The van der Waals surface area contributed by atoms with Crippen LogP contribution in [0, 0.1) is 11.3 Å². The molecule has 2 aliphatic carbocycles. The molecule has 5 nitrogen and oxygen atoms in total. The summed E-state index contributed by atoms with van der Waals surface area (Å²) in [6, 6.07) is 12.2. The molecule has 0 amide bonds. The van der Waals surface area contributed by atoms with Crippen LogP contribution in [0.4, 0.5) is 17.5 Å². The van der Waals surface area contributed by atoms with Gasteiger partial charge in [-0.1, -0.05) is 12.1 Å². The van der Waals surface area contributed by atoms with Crippen LogP contribution in [0.5, 0.6) is 0 Å². The van der Waals surface area contributed by atoms with Crippen molar-refractivity contribution in [1.82, 2.24) is 9.97 Å². The molecule has 4 rings (SSSR count). The van der Waals surface area contributed by atoms with E-state index in [4.69, 9.17) is 0 Å². The average molecular weight is 291 g/mol. The molecule has 110 valence electrons. The maximum absolute atomic E-state index is 9.20. The fraction of sp³-hybridized carbons (Fsp3) is 0.353. The van der Waals surface area contributed by atoms with Crippen molar-refractivity contribution in [3.05, 3.63) is 41.6 Å². The van der Waals surface area contributed by atoms with E-state index in [-0.39, 0.29) is 0 Å². The van der Waals surface area contributed by atoms with E-state index >= 15 is 0 Å². The van der Waals surface area contributed by atoms with Gasteiger partial charge in [-0.3, -0.25) is 0 Å². The monoisotopic (exact) mass is 291 g/mol. The standard InChI is InChI=1S/C17H17N5/c18-10-12-3-1-2-4-14(12)20-16-9-15(11-5-6-11)21-17(22-16)19-13-7-8-13/h1-4,9,11,13H,5-8H2,(H2,19,20,21,22). The Morgan fingerprint density at radius 2 is 1.91 bits per heavy atom. The maximum atomic E-state index is 9.20. The van der Waals surface area contributed by atoms with Gasteiger partial charge in [-0.2, -0.15) is 10.2 Å². The molecule has 0 unspecified atom stereocenters. The van der Waals surface area contributed by atoms with Gasteiger partial charge in [0.25, 0.3) is 0 Å². The number of nitrogens with zero attached hydrogens (tertiary/aromatic N) is 3. The molecule has 2 saturated carbocycles. The summed E-state index contributed by atoms with van der Waals surface area (Å²) in [5.74, 6) is 2.01. The molecule has 0 saturated heterocycles. The normalized spacial score (nSPS) is 16.9. The number of para-hydroxylation sites is 1. The molecule has 0 spiro atoms. The van der Waals surface area contributed by atoms with Crippen LogP contribution in [0.25, 0.3) is 0 Å². The third-order valence-corrected chi connectivity index (χ3v) is 3.96. The Balaban J connectivity index is 1.64. The largest absolute Gasteiger partial charge is 0.351 e. The van der Waals surface area contributed by atoms with Crippen LogP contribution in [-0.4, -0.2) is 16.0 Å². The molecule has 2 N–H and O–H groups in total. The van der Waals surface area contributed by atoms with E-state index in [1.165, 1.54) is 25.7 Å². The van der Waals surface area contributed by atoms with Gasteiger partial charge in [-0.15, -0.1) is 0 Å².